The van der Waals surface area contributed by atoms with Gasteiger partial charge >= 0.3 is 0 Å². The van der Waals surface area contributed by atoms with Crippen LogP contribution in [0.4, 0.5) is 0 Å². The van der Waals surface area contributed by atoms with Gasteiger partial charge in [0.15, 0.2) is 0 Å². The predicted octanol–water partition coefficient (Wildman–Crippen LogP) is 1.44. The Hall–Kier alpha value is -0.840. The van der Waals surface area contributed by atoms with E-state index in [2.05, 4.69) is 22.6 Å². The first-order valence-corrected chi connectivity index (χ1v) is 4.82. The first-order chi connectivity index (χ1) is 6.09. The van der Waals surface area contributed by atoms with Crippen LogP contribution in [0.3, 0.4) is 0 Å². The molecule has 0 amide bonds. The van der Waals surface area contributed by atoms with E-state index < -0.39 is 5.97 Å². The fourth-order valence-electron chi connectivity index (χ4n) is 0.868. The Bertz CT molecular complexity index is 338. The predicted molar refractivity (Wildman–Crippen MR) is 57.8 cm³/mol. The summed E-state index contributed by atoms with van der Waals surface area (Å²) in [7, 11) is 0. The summed E-state index contributed by atoms with van der Waals surface area (Å²) in [5.41, 5.74) is 1.11. The molecule has 0 heterocycles. The third-order valence-electron chi connectivity index (χ3n) is 1.58. The topological polar surface area (TPSA) is 40.1 Å². The maximum absolute atomic E-state index is 10.4. The van der Waals surface area contributed by atoms with Crippen LogP contribution in [0.1, 0.15) is 12.5 Å². The third kappa shape index (κ3) is 3.18. The van der Waals surface area contributed by atoms with Crippen molar-refractivity contribution in [2.75, 3.05) is 0 Å². The van der Waals surface area contributed by atoms with Gasteiger partial charge in [0.25, 0.3) is 0 Å². The van der Waals surface area contributed by atoms with Crippen LogP contribution < -0.4 is 5.11 Å². The second-order valence-corrected chi connectivity index (χ2v) is 3.91. The Balaban J connectivity index is 2.92. The maximum atomic E-state index is 10.4. The van der Waals surface area contributed by atoms with E-state index in [0.717, 1.165) is 9.13 Å². The summed E-state index contributed by atoms with van der Waals surface area (Å²) in [5.74, 6) is -1.13. The quantitative estimate of drug-likeness (QED) is 0.610. The number of carboxylic acids is 1. The molecule has 3 heteroatoms. The van der Waals surface area contributed by atoms with Crippen molar-refractivity contribution in [1.82, 2.24) is 0 Å². The van der Waals surface area contributed by atoms with E-state index in [4.69, 9.17) is 0 Å². The van der Waals surface area contributed by atoms with Crippen LogP contribution in [0.25, 0.3) is 6.08 Å². The van der Waals surface area contributed by atoms with Crippen molar-refractivity contribution in [2.45, 2.75) is 6.92 Å². The minimum Gasteiger partial charge on any atom is -0.545 e. The van der Waals surface area contributed by atoms with Crippen molar-refractivity contribution in [3.8, 4) is 0 Å². The molecule has 1 rings (SSSR count). The smallest absolute Gasteiger partial charge is 0.0672 e. The van der Waals surface area contributed by atoms with E-state index in [9.17, 15) is 9.90 Å². The third-order valence-corrected chi connectivity index (χ3v) is 2.29. The standard InChI is InChI=1S/C10H9IO2/c1-7(10(12)13)6-8-2-4-9(11)5-3-8/h2-6H,1H3,(H,12,13)/p-1/b7-6-. The van der Waals surface area contributed by atoms with Gasteiger partial charge in [-0.1, -0.05) is 18.2 Å². The number of hydrogen-bond donors (Lipinski definition) is 0. The Morgan fingerprint density at radius 2 is 1.92 bits per heavy atom. The van der Waals surface area contributed by atoms with E-state index in [1.807, 2.05) is 24.3 Å². The molecule has 2 nitrogen and oxygen atoms in total. The van der Waals surface area contributed by atoms with E-state index >= 15 is 0 Å². The molecule has 1 aromatic rings. The van der Waals surface area contributed by atoms with Crippen LogP contribution >= 0.6 is 22.6 Å². The first kappa shape index (κ1) is 10.2. The van der Waals surface area contributed by atoms with Crippen LogP contribution in [0.5, 0.6) is 0 Å². The first-order valence-electron chi connectivity index (χ1n) is 3.75. The Labute approximate surface area is 90.4 Å². The largest absolute Gasteiger partial charge is 0.545 e. The number of carboxylic acid groups (broad SMARTS) is 1. The Morgan fingerprint density at radius 1 is 1.38 bits per heavy atom. The highest BCUT2D eigenvalue weighted by molar-refractivity contribution is 14.1. The summed E-state index contributed by atoms with van der Waals surface area (Å²) in [6.07, 6.45) is 1.59. The molecule has 0 bridgehead atoms. The monoisotopic (exact) mass is 287 g/mol. The molecule has 0 N–H and O–H groups in total. The summed E-state index contributed by atoms with van der Waals surface area (Å²) in [6, 6.07) is 7.59. The van der Waals surface area contributed by atoms with Gasteiger partial charge < -0.3 is 9.90 Å². The molecule has 0 spiro atoms. The molecule has 0 aliphatic carbocycles. The van der Waals surface area contributed by atoms with Crippen LogP contribution in [0.2, 0.25) is 0 Å². The lowest BCUT2D eigenvalue weighted by molar-refractivity contribution is -0.299. The zero-order valence-electron chi connectivity index (χ0n) is 7.08. The number of halogens is 1. The van der Waals surface area contributed by atoms with E-state index in [0.29, 0.717) is 0 Å². The highest BCUT2D eigenvalue weighted by Crippen LogP contribution is 2.09. The Morgan fingerprint density at radius 3 is 2.38 bits per heavy atom. The van der Waals surface area contributed by atoms with Gasteiger partial charge in [-0.25, -0.2) is 0 Å². The second kappa shape index (κ2) is 4.41. The lowest BCUT2D eigenvalue weighted by atomic mass is 10.1. The number of carbonyl (C=O) groups excluding carboxylic acids is 1. The van der Waals surface area contributed by atoms with Crippen molar-refractivity contribution in [3.63, 3.8) is 0 Å². The molecular weight excluding hydrogens is 279 g/mol. The molecule has 0 aliphatic heterocycles. The van der Waals surface area contributed by atoms with Gasteiger partial charge in [0.1, 0.15) is 0 Å². The summed E-state index contributed by atoms with van der Waals surface area (Å²) in [4.78, 5) is 10.4. The van der Waals surface area contributed by atoms with Gasteiger partial charge in [-0.15, -0.1) is 0 Å². The number of benzene rings is 1. The van der Waals surface area contributed by atoms with Crippen LogP contribution in [-0.2, 0) is 4.79 Å². The zero-order chi connectivity index (χ0) is 9.84. The minimum absolute atomic E-state index is 0.237. The normalized spacial score (nSPS) is 11.4. The number of rotatable bonds is 2. The molecule has 0 aromatic heterocycles. The molecular formula is C10H8IO2-. The van der Waals surface area contributed by atoms with Gasteiger partial charge in [-0.2, -0.15) is 0 Å². The highest BCUT2D eigenvalue weighted by Gasteiger charge is 1.91. The second-order valence-electron chi connectivity index (χ2n) is 2.67. The van der Waals surface area contributed by atoms with E-state index in [-0.39, 0.29) is 5.57 Å². The molecule has 0 atom stereocenters. The molecule has 0 fully saturated rings. The summed E-state index contributed by atoms with van der Waals surface area (Å²) in [6.45, 7) is 1.52. The van der Waals surface area contributed by atoms with Crippen LogP contribution in [0.15, 0.2) is 29.8 Å². The van der Waals surface area contributed by atoms with Crippen molar-refractivity contribution < 1.29 is 9.90 Å². The molecule has 1 aromatic carbocycles. The molecule has 0 aliphatic rings. The van der Waals surface area contributed by atoms with Crippen molar-refractivity contribution in [2.24, 2.45) is 0 Å². The van der Waals surface area contributed by atoms with Crippen LogP contribution in [0, 0.1) is 3.57 Å². The average Bonchev–Trinajstić information content (AvgIpc) is 2.08. The van der Waals surface area contributed by atoms with Crippen molar-refractivity contribution >= 4 is 34.6 Å². The Kier molecular flexibility index (Phi) is 3.48. The van der Waals surface area contributed by atoms with Gasteiger partial charge in [-0.3, -0.25) is 0 Å². The highest BCUT2D eigenvalue weighted by atomic mass is 127. The lowest BCUT2D eigenvalue weighted by Crippen LogP contribution is -2.22. The fourth-order valence-corrected chi connectivity index (χ4v) is 1.23. The average molecular weight is 287 g/mol. The van der Waals surface area contributed by atoms with Gasteiger partial charge in [0.2, 0.25) is 0 Å². The zero-order valence-corrected chi connectivity index (χ0v) is 9.24. The summed E-state index contributed by atoms with van der Waals surface area (Å²) < 4.78 is 1.13. The summed E-state index contributed by atoms with van der Waals surface area (Å²) >= 11 is 2.19. The molecule has 0 saturated heterocycles. The molecule has 0 saturated carbocycles. The molecule has 0 radical (unpaired) electrons. The summed E-state index contributed by atoms with van der Waals surface area (Å²) in [5, 5.41) is 10.4. The molecule has 0 unspecified atom stereocenters. The fraction of sp³-hybridized carbons (Fsp3) is 0.100. The number of hydrogen-bond acceptors (Lipinski definition) is 2. The minimum atomic E-state index is -1.13. The SMILES string of the molecule is C/C(=C/c1ccc(I)cc1)C(=O)[O-]. The van der Waals surface area contributed by atoms with Crippen LogP contribution in [-0.4, -0.2) is 5.97 Å². The number of aliphatic carboxylic acids is 1. The van der Waals surface area contributed by atoms with E-state index in [1.54, 1.807) is 6.08 Å². The number of carbonyl (C=O) groups is 1. The van der Waals surface area contributed by atoms with E-state index in [1.165, 1.54) is 6.92 Å². The lowest BCUT2D eigenvalue weighted by Gasteiger charge is -2.01. The van der Waals surface area contributed by atoms with Gasteiger partial charge in [-0.05, 0) is 52.8 Å². The van der Waals surface area contributed by atoms with Crippen molar-refractivity contribution in [1.29, 1.82) is 0 Å². The molecule has 13 heavy (non-hydrogen) atoms. The van der Waals surface area contributed by atoms with Gasteiger partial charge in [0.05, 0.1) is 5.97 Å². The maximum Gasteiger partial charge on any atom is 0.0672 e. The molecule has 68 valence electrons. The van der Waals surface area contributed by atoms with Crippen molar-refractivity contribution in [3.05, 3.63) is 39.0 Å². The van der Waals surface area contributed by atoms with Gasteiger partial charge in [0, 0.05) is 3.57 Å².